The van der Waals surface area contributed by atoms with E-state index in [-0.39, 0.29) is 17.9 Å². The molecule has 15 heavy (non-hydrogen) atoms. The molecular weight excluding hydrogens is 190 g/mol. The van der Waals surface area contributed by atoms with Gasteiger partial charge in [-0.15, -0.1) is 0 Å². The molecule has 0 spiro atoms. The van der Waals surface area contributed by atoms with Crippen LogP contribution in [0.15, 0.2) is 30.3 Å². The molecule has 2 aromatic carbocycles. The maximum Gasteiger partial charge on any atom is 0.120 e. The third kappa shape index (κ3) is 1.57. The van der Waals surface area contributed by atoms with Gasteiger partial charge in [0.1, 0.15) is 11.5 Å². The van der Waals surface area contributed by atoms with Gasteiger partial charge >= 0.3 is 0 Å². The predicted molar refractivity (Wildman–Crippen MR) is 56.6 cm³/mol. The summed E-state index contributed by atoms with van der Waals surface area (Å²) in [6, 6.07) is 10.2. The van der Waals surface area contributed by atoms with Crippen LogP contribution in [0.25, 0.3) is 10.8 Å². The van der Waals surface area contributed by atoms with Crippen molar-refractivity contribution in [2.24, 2.45) is 0 Å². The Balaban J connectivity index is 2.79. The van der Waals surface area contributed by atoms with Crippen molar-refractivity contribution in [3.05, 3.63) is 35.9 Å². The highest BCUT2D eigenvalue weighted by Crippen LogP contribution is 2.29. The highest BCUT2D eigenvalue weighted by Gasteiger charge is 2.06. The van der Waals surface area contributed by atoms with Gasteiger partial charge in [0.05, 0.1) is 12.5 Å². The van der Waals surface area contributed by atoms with Crippen molar-refractivity contribution >= 4 is 10.8 Å². The summed E-state index contributed by atoms with van der Waals surface area (Å²) in [4.78, 5) is 0. The third-order valence-corrected chi connectivity index (χ3v) is 2.35. The molecule has 3 nitrogen and oxygen atoms in total. The van der Waals surface area contributed by atoms with Gasteiger partial charge in [-0.05, 0) is 29.0 Å². The number of hydrogen-bond donors (Lipinski definition) is 2. The number of rotatable bonds is 1. The van der Waals surface area contributed by atoms with E-state index in [9.17, 15) is 10.2 Å². The number of nitrogens with zero attached hydrogens (tertiary/aromatic N) is 1. The van der Waals surface area contributed by atoms with Gasteiger partial charge in [0, 0.05) is 5.56 Å². The Morgan fingerprint density at radius 2 is 1.87 bits per heavy atom. The summed E-state index contributed by atoms with van der Waals surface area (Å²) in [5, 5.41) is 29.2. The molecule has 0 saturated carbocycles. The quantitative estimate of drug-likeness (QED) is 0.740. The van der Waals surface area contributed by atoms with E-state index in [1.54, 1.807) is 30.3 Å². The van der Waals surface area contributed by atoms with Crippen molar-refractivity contribution in [3.8, 4) is 17.6 Å². The highest BCUT2D eigenvalue weighted by molar-refractivity contribution is 5.89. The van der Waals surface area contributed by atoms with Crippen LogP contribution in [-0.2, 0) is 6.42 Å². The van der Waals surface area contributed by atoms with Crippen molar-refractivity contribution in [2.75, 3.05) is 0 Å². The molecule has 3 heteroatoms. The second kappa shape index (κ2) is 3.50. The molecule has 0 bridgehead atoms. The Kier molecular flexibility index (Phi) is 2.18. The first kappa shape index (κ1) is 9.35. The Morgan fingerprint density at radius 1 is 1.13 bits per heavy atom. The first-order valence-electron chi connectivity index (χ1n) is 4.53. The van der Waals surface area contributed by atoms with Crippen molar-refractivity contribution in [1.29, 1.82) is 5.26 Å². The molecule has 0 saturated heterocycles. The number of benzene rings is 2. The van der Waals surface area contributed by atoms with Gasteiger partial charge in [0.25, 0.3) is 0 Å². The zero-order valence-corrected chi connectivity index (χ0v) is 7.94. The van der Waals surface area contributed by atoms with Crippen LogP contribution in [0.4, 0.5) is 0 Å². The van der Waals surface area contributed by atoms with Crippen LogP contribution in [0.5, 0.6) is 11.5 Å². The van der Waals surface area contributed by atoms with Gasteiger partial charge in [-0.1, -0.05) is 12.1 Å². The van der Waals surface area contributed by atoms with E-state index in [1.807, 2.05) is 6.07 Å². The minimum atomic E-state index is 0.0923. The lowest BCUT2D eigenvalue weighted by atomic mass is 10.0. The molecule has 2 aromatic rings. The zero-order valence-electron chi connectivity index (χ0n) is 7.94. The highest BCUT2D eigenvalue weighted by atomic mass is 16.3. The summed E-state index contributed by atoms with van der Waals surface area (Å²) in [7, 11) is 0. The van der Waals surface area contributed by atoms with Crippen LogP contribution >= 0.6 is 0 Å². The Morgan fingerprint density at radius 3 is 2.60 bits per heavy atom. The van der Waals surface area contributed by atoms with E-state index in [4.69, 9.17) is 5.26 Å². The molecule has 0 unspecified atom stereocenters. The van der Waals surface area contributed by atoms with E-state index in [0.29, 0.717) is 5.56 Å². The van der Waals surface area contributed by atoms with Crippen LogP contribution in [0.1, 0.15) is 5.56 Å². The number of nitriles is 1. The molecule has 0 aliphatic heterocycles. The molecular formula is C12H9NO2. The summed E-state index contributed by atoms with van der Waals surface area (Å²) in [5.74, 6) is 0.224. The SMILES string of the molecule is N#CCc1c(O)ccc2ccc(O)cc12. The third-order valence-electron chi connectivity index (χ3n) is 2.35. The summed E-state index contributed by atoms with van der Waals surface area (Å²) < 4.78 is 0. The van der Waals surface area contributed by atoms with E-state index in [1.165, 1.54) is 0 Å². The van der Waals surface area contributed by atoms with Crippen LogP contribution in [-0.4, -0.2) is 10.2 Å². The van der Waals surface area contributed by atoms with Crippen LogP contribution in [0.2, 0.25) is 0 Å². The topological polar surface area (TPSA) is 64.2 Å². The monoisotopic (exact) mass is 199 g/mol. The van der Waals surface area contributed by atoms with Gasteiger partial charge in [0.15, 0.2) is 0 Å². The van der Waals surface area contributed by atoms with E-state index in [0.717, 1.165) is 10.8 Å². The Labute approximate surface area is 86.8 Å². The fraction of sp³-hybridized carbons (Fsp3) is 0.0833. The van der Waals surface area contributed by atoms with Gasteiger partial charge < -0.3 is 10.2 Å². The standard InChI is InChI=1S/C12H9NO2/c13-6-5-10-11-7-9(14)3-1-8(11)2-4-12(10)15/h1-4,7,14-15H,5H2. The van der Waals surface area contributed by atoms with Gasteiger partial charge in [-0.3, -0.25) is 0 Å². The van der Waals surface area contributed by atoms with Crippen molar-refractivity contribution in [2.45, 2.75) is 6.42 Å². The normalized spacial score (nSPS) is 10.1. The average molecular weight is 199 g/mol. The number of fused-ring (bicyclic) bond motifs is 1. The number of aromatic hydroxyl groups is 2. The summed E-state index contributed by atoms with van der Waals surface area (Å²) in [5.41, 5.74) is 0.561. The van der Waals surface area contributed by atoms with Crippen LogP contribution in [0, 0.1) is 11.3 Å². The summed E-state index contributed by atoms with van der Waals surface area (Å²) >= 11 is 0. The molecule has 2 N–H and O–H groups in total. The minimum absolute atomic E-state index is 0.0923. The second-order valence-corrected chi connectivity index (χ2v) is 3.30. The first-order chi connectivity index (χ1) is 7.22. The smallest absolute Gasteiger partial charge is 0.120 e. The molecule has 74 valence electrons. The first-order valence-corrected chi connectivity index (χ1v) is 4.53. The van der Waals surface area contributed by atoms with Crippen molar-refractivity contribution in [3.63, 3.8) is 0 Å². The van der Waals surface area contributed by atoms with E-state index >= 15 is 0 Å². The molecule has 0 amide bonds. The fourth-order valence-electron chi connectivity index (χ4n) is 1.62. The molecule has 0 fully saturated rings. The minimum Gasteiger partial charge on any atom is -0.508 e. The molecule has 0 aliphatic carbocycles. The average Bonchev–Trinajstić information content (AvgIpc) is 2.23. The number of hydrogen-bond acceptors (Lipinski definition) is 3. The lowest BCUT2D eigenvalue weighted by molar-refractivity contribution is 0.470. The molecule has 2 rings (SSSR count). The lowest BCUT2D eigenvalue weighted by Crippen LogP contribution is -1.86. The molecule has 0 aromatic heterocycles. The largest absolute Gasteiger partial charge is 0.508 e. The van der Waals surface area contributed by atoms with Gasteiger partial charge in [-0.25, -0.2) is 0 Å². The van der Waals surface area contributed by atoms with Gasteiger partial charge in [0.2, 0.25) is 0 Å². The summed E-state index contributed by atoms with van der Waals surface area (Å²) in [6.07, 6.45) is 0.132. The fourth-order valence-corrected chi connectivity index (χ4v) is 1.62. The molecule has 0 atom stereocenters. The Hall–Kier alpha value is -2.21. The van der Waals surface area contributed by atoms with Crippen LogP contribution < -0.4 is 0 Å². The second-order valence-electron chi connectivity index (χ2n) is 3.30. The molecule has 0 radical (unpaired) electrons. The number of phenolic OH excluding ortho intramolecular Hbond substituents is 2. The molecule has 0 heterocycles. The lowest BCUT2D eigenvalue weighted by Gasteiger charge is -2.06. The predicted octanol–water partition coefficient (Wildman–Crippen LogP) is 2.32. The zero-order chi connectivity index (χ0) is 10.8. The van der Waals surface area contributed by atoms with Crippen LogP contribution in [0.3, 0.4) is 0 Å². The maximum absolute atomic E-state index is 9.60. The van der Waals surface area contributed by atoms with Gasteiger partial charge in [-0.2, -0.15) is 5.26 Å². The number of phenols is 2. The van der Waals surface area contributed by atoms with E-state index in [2.05, 4.69) is 0 Å². The van der Waals surface area contributed by atoms with E-state index < -0.39 is 0 Å². The Bertz CT molecular complexity index is 550. The maximum atomic E-state index is 9.60. The van der Waals surface area contributed by atoms with Crippen molar-refractivity contribution in [1.82, 2.24) is 0 Å². The summed E-state index contributed by atoms with van der Waals surface area (Å²) in [6.45, 7) is 0. The molecule has 0 aliphatic rings. The van der Waals surface area contributed by atoms with Crippen molar-refractivity contribution < 1.29 is 10.2 Å².